The van der Waals surface area contributed by atoms with Gasteiger partial charge in [-0.1, -0.05) is 48.5 Å². The molecule has 0 fully saturated rings. The van der Waals surface area contributed by atoms with Gasteiger partial charge >= 0.3 is 0 Å². The van der Waals surface area contributed by atoms with Crippen molar-refractivity contribution in [1.29, 1.82) is 0 Å². The number of nitrogens with one attached hydrogen (secondary N) is 2. The first-order valence-corrected chi connectivity index (χ1v) is 10.6. The zero-order valence-corrected chi connectivity index (χ0v) is 17.5. The molecule has 5 heteroatoms. The van der Waals surface area contributed by atoms with Crippen LogP contribution in [0.25, 0.3) is 22.4 Å². The molecule has 0 spiro atoms. The number of benzene rings is 3. The van der Waals surface area contributed by atoms with E-state index < -0.39 is 0 Å². The van der Waals surface area contributed by atoms with E-state index in [0.717, 1.165) is 47.8 Å². The van der Waals surface area contributed by atoms with Crippen molar-refractivity contribution in [2.24, 2.45) is 5.73 Å². The Balaban J connectivity index is 1.39. The molecule has 0 unspecified atom stereocenters. The maximum atomic E-state index is 5.52. The average Bonchev–Trinajstić information content (AvgIpc) is 2.84. The van der Waals surface area contributed by atoms with Gasteiger partial charge in [0.25, 0.3) is 0 Å². The van der Waals surface area contributed by atoms with Crippen LogP contribution in [0.1, 0.15) is 5.69 Å². The maximum Gasteiger partial charge on any atom is 0.116 e. The second-order valence-corrected chi connectivity index (χ2v) is 7.31. The van der Waals surface area contributed by atoms with Crippen LogP contribution in [0.5, 0.6) is 0 Å². The molecule has 0 aliphatic rings. The van der Waals surface area contributed by atoms with E-state index in [1.807, 2.05) is 6.07 Å². The first-order valence-electron chi connectivity index (χ1n) is 10.6. The molecule has 0 radical (unpaired) electrons. The number of nitrogens with two attached hydrogens (primary N) is 1. The van der Waals surface area contributed by atoms with Crippen LogP contribution >= 0.6 is 0 Å². The minimum Gasteiger partial charge on any atom is -0.385 e. The van der Waals surface area contributed by atoms with Crippen LogP contribution in [0.15, 0.2) is 91.3 Å². The minimum absolute atomic E-state index is 0.622. The third-order valence-corrected chi connectivity index (χ3v) is 5.06. The van der Waals surface area contributed by atoms with Crippen LogP contribution in [0.3, 0.4) is 0 Å². The highest BCUT2D eigenvalue weighted by molar-refractivity contribution is 5.71. The van der Waals surface area contributed by atoms with E-state index in [0.29, 0.717) is 6.54 Å². The molecule has 4 N–H and O–H groups in total. The smallest absolute Gasteiger partial charge is 0.116 e. The van der Waals surface area contributed by atoms with Gasteiger partial charge in [-0.25, -0.2) is 9.97 Å². The van der Waals surface area contributed by atoms with Crippen LogP contribution in [-0.4, -0.2) is 29.6 Å². The van der Waals surface area contributed by atoms with Gasteiger partial charge in [0.05, 0.1) is 5.69 Å². The monoisotopic (exact) mass is 409 g/mol. The fraction of sp³-hybridized carbons (Fsp3) is 0.154. The Morgan fingerprint density at radius 2 is 1.32 bits per heavy atom. The standard InChI is InChI=1S/C26H27N5/c27-14-16-29-24-11-9-23(10-12-24)28-15-13-25-18-26(31-19-30-25)22-8-4-7-21(17-22)20-5-2-1-3-6-20/h1-12,17-19,28-29H,13-16,27H2. The third-order valence-electron chi connectivity index (χ3n) is 5.06. The van der Waals surface area contributed by atoms with Crippen molar-refractivity contribution >= 4 is 11.4 Å². The van der Waals surface area contributed by atoms with Crippen molar-refractivity contribution in [3.8, 4) is 22.4 Å². The first kappa shape index (κ1) is 20.6. The number of rotatable bonds is 9. The molecule has 0 atom stereocenters. The molecule has 4 aromatic rings. The predicted molar refractivity (Wildman–Crippen MR) is 129 cm³/mol. The molecule has 0 bridgehead atoms. The molecule has 0 saturated heterocycles. The topological polar surface area (TPSA) is 75.9 Å². The Hall–Kier alpha value is -3.70. The van der Waals surface area contributed by atoms with Gasteiger partial charge in [0.15, 0.2) is 0 Å². The maximum absolute atomic E-state index is 5.52. The molecule has 5 nitrogen and oxygen atoms in total. The molecule has 0 aliphatic carbocycles. The van der Waals surface area contributed by atoms with Gasteiger partial charge in [-0.2, -0.15) is 0 Å². The van der Waals surface area contributed by atoms with E-state index in [2.05, 4.69) is 99.5 Å². The number of aromatic nitrogens is 2. The summed E-state index contributed by atoms with van der Waals surface area (Å²) >= 11 is 0. The van der Waals surface area contributed by atoms with Gasteiger partial charge in [0, 0.05) is 48.7 Å². The van der Waals surface area contributed by atoms with Gasteiger partial charge in [-0.3, -0.25) is 0 Å². The largest absolute Gasteiger partial charge is 0.385 e. The number of hydrogen-bond acceptors (Lipinski definition) is 5. The van der Waals surface area contributed by atoms with E-state index in [1.165, 1.54) is 11.1 Å². The SMILES string of the molecule is NCCNc1ccc(NCCc2cc(-c3cccc(-c4ccccc4)c3)ncn2)cc1. The van der Waals surface area contributed by atoms with Gasteiger partial charge < -0.3 is 16.4 Å². The molecular formula is C26H27N5. The normalized spacial score (nSPS) is 10.6. The van der Waals surface area contributed by atoms with E-state index in [1.54, 1.807) is 6.33 Å². The lowest BCUT2D eigenvalue weighted by Gasteiger charge is -2.09. The molecule has 0 saturated carbocycles. The summed E-state index contributed by atoms with van der Waals surface area (Å²) in [5.74, 6) is 0. The Kier molecular flexibility index (Phi) is 6.88. The zero-order chi connectivity index (χ0) is 21.3. The number of nitrogens with zero attached hydrogens (tertiary/aromatic N) is 2. The minimum atomic E-state index is 0.622. The Labute approximate surface area is 183 Å². The summed E-state index contributed by atoms with van der Waals surface area (Å²) < 4.78 is 0. The Morgan fingerprint density at radius 1 is 0.645 bits per heavy atom. The highest BCUT2D eigenvalue weighted by Gasteiger charge is 2.05. The van der Waals surface area contributed by atoms with Crippen LogP contribution < -0.4 is 16.4 Å². The molecule has 0 amide bonds. The van der Waals surface area contributed by atoms with Crippen molar-refractivity contribution in [2.45, 2.75) is 6.42 Å². The van der Waals surface area contributed by atoms with Gasteiger partial charge in [0.2, 0.25) is 0 Å². The highest BCUT2D eigenvalue weighted by Crippen LogP contribution is 2.25. The van der Waals surface area contributed by atoms with Crippen LogP contribution in [-0.2, 0) is 6.42 Å². The Morgan fingerprint density at radius 3 is 2.06 bits per heavy atom. The average molecular weight is 410 g/mol. The molecular weight excluding hydrogens is 382 g/mol. The molecule has 1 heterocycles. The zero-order valence-electron chi connectivity index (χ0n) is 17.5. The van der Waals surface area contributed by atoms with Crippen molar-refractivity contribution in [1.82, 2.24) is 9.97 Å². The van der Waals surface area contributed by atoms with Crippen molar-refractivity contribution < 1.29 is 0 Å². The summed E-state index contributed by atoms with van der Waals surface area (Å²) in [5.41, 5.74) is 13.1. The van der Waals surface area contributed by atoms with E-state index in [9.17, 15) is 0 Å². The highest BCUT2D eigenvalue weighted by atomic mass is 14.9. The molecule has 1 aromatic heterocycles. The van der Waals surface area contributed by atoms with E-state index in [4.69, 9.17) is 5.73 Å². The summed E-state index contributed by atoms with van der Waals surface area (Å²) in [6.07, 6.45) is 2.47. The quantitative estimate of drug-likeness (QED) is 0.369. The number of anilines is 2. The fourth-order valence-electron chi connectivity index (χ4n) is 3.44. The number of hydrogen-bond donors (Lipinski definition) is 3. The summed E-state index contributed by atoms with van der Waals surface area (Å²) in [4.78, 5) is 8.95. The summed E-state index contributed by atoms with van der Waals surface area (Å²) in [5, 5.41) is 6.72. The first-order chi connectivity index (χ1) is 15.3. The second kappa shape index (κ2) is 10.4. The van der Waals surface area contributed by atoms with E-state index in [-0.39, 0.29) is 0 Å². The molecule has 31 heavy (non-hydrogen) atoms. The van der Waals surface area contributed by atoms with Crippen molar-refractivity contribution in [3.05, 3.63) is 97.0 Å². The van der Waals surface area contributed by atoms with Crippen molar-refractivity contribution in [3.63, 3.8) is 0 Å². The summed E-state index contributed by atoms with van der Waals surface area (Å²) in [6.45, 7) is 2.20. The van der Waals surface area contributed by atoms with Gasteiger partial charge in [0.1, 0.15) is 6.33 Å². The van der Waals surface area contributed by atoms with Crippen molar-refractivity contribution in [2.75, 3.05) is 30.3 Å². The predicted octanol–water partition coefficient (Wildman–Crippen LogP) is 4.84. The van der Waals surface area contributed by atoms with Crippen LogP contribution in [0, 0.1) is 0 Å². The van der Waals surface area contributed by atoms with Crippen LogP contribution in [0.4, 0.5) is 11.4 Å². The summed E-state index contributed by atoms with van der Waals surface area (Å²) in [6, 6.07) is 29.2. The third kappa shape index (κ3) is 5.68. The summed E-state index contributed by atoms with van der Waals surface area (Å²) in [7, 11) is 0. The lowest BCUT2D eigenvalue weighted by atomic mass is 10.0. The fourth-order valence-corrected chi connectivity index (χ4v) is 3.44. The molecule has 156 valence electrons. The second-order valence-electron chi connectivity index (χ2n) is 7.31. The molecule has 4 rings (SSSR count). The molecule has 0 aliphatic heterocycles. The van der Waals surface area contributed by atoms with E-state index >= 15 is 0 Å². The Bertz CT molecular complexity index is 1090. The lowest BCUT2D eigenvalue weighted by molar-refractivity contribution is 0.944. The molecule has 3 aromatic carbocycles. The van der Waals surface area contributed by atoms with Gasteiger partial charge in [-0.05, 0) is 47.5 Å². The lowest BCUT2D eigenvalue weighted by Crippen LogP contribution is -2.13. The van der Waals surface area contributed by atoms with Gasteiger partial charge in [-0.15, -0.1) is 0 Å². The van der Waals surface area contributed by atoms with Crippen LogP contribution in [0.2, 0.25) is 0 Å².